The fraction of sp³-hybridized carbons (Fsp3) is 0.364. The molecule has 0 saturated carbocycles. The number of hydrogen-bond acceptors (Lipinski definition) is 7. The maximum atomic E-state index is 12.4. The third-order valence-electron chi connectivity index (χ3n) is 5.15. The summed E-state index contributed by atoms with van der Waals surface area (Å²) in [5.74, 6) is -0.940. The van der Waals surface area contributed by atoms with Crippen molar-refractivity contribution < 1.29 is 22.7 Å². The Balaban J connectivity index is 0.00000385. The van der Waals surface area contributed by atoms with Gasteiger partial charge in [0.2, 0.25) is 5.91 Å². The zero-order valence-corrected chi connectivity index (χ0v) is 20.0. The monoisotopic (exact) mass is 496 g/mol. The number of ether oxygens (including phenoxy) is 1. The van der Waals surface area contributed by atoms with Crippen molar-refractivity contribution in [2.45, 2.75) is 18.2 Å². The highest BCUT2D eigenvalue weighted by molar-refractivity contribution is 7.89. The van der Waals surface area contributed by atoms with E-state index in [1.54, 1.807) is 6.92 Å². The van der Waals surface area contributed by atoms with Crippen LogP contribution >= 0.6 is 12.4 Å². The van der Waals surface area contributed by atoms with Crippen LogP contribution < -0.4 is 15.2 Å². The van der Waals surface area contributed by atoms with Crippen molar-refractivity contribution >= 4 is 40.0 Å². The Kier molecular flexibility index (Phi) is 10.1. The number of rotatable bonds is 9. The smallest absolute Gasteiger partial charge is 0.338 e. The molecule has 11 heteroatoms. The van der Waals surface area contributed by atoms with Gasteiger partial charge in [-0.05, 0) is 43.3 Å². The molecule has 2 aromatic carbocycles. The van der Waals surface area contributed by atoms with Gasteiger partial charge in [-0.1, -0.05) is 18.2 Å². The van der Waals surface area contributed by atoms with Gasteiger partial charge in [-0.15, -0.1) is 17.2 Å². The van der Waals surface area contributed by atoms with Crippen LogP contribution in [0.15, 0.2) is 59.5 Å². The summed E-state index contributed by atoms with van der Waals surface area (Å²) in [6.07, 6.45) is 0.176. The molecule has 1 fully saturated rings. The molecule has 3 rings (SSSR count). The number of hydrazine groups is 1. The van der Waals surface area contributed by atoms with Crippen LogP contribution in [0, 0.1) is 0 Å². The van der Waals surface area contributed by atoms with E-state index in [1.807, 2.05) is 18.2 Å². The molecule has 0 radical (unpaired) electrons. The van der Waals surface area contributed by atoms with Crippen LogP contribution in [0.4, 0.5) is 5.69 Å². The molecule has 33 heavy (non-hydrogen) atoms. The molecule has 0 aliphatic carbocycles. The molecule has 1 aliphatic rings. The van der Waals surface area contributed by atoms with Gasteiger partial charge in [0.25, 0.3) is 10.0 Å². The second kappa shape index (κ2) is 12.5. The van der Waals surface area contributed by atoms with Crippen molar-refractivity contribution in [3.05, 3.63) is 60.2 Å². The molecular weight excluding hydrogens is 468 g/mol. The number of amides is 1. The fourth-order valence-electron chi connectivity index (χ4n) is 3.36. The summed E-state index contributed by atoms with van der Waals surface area (Å²) in [5, 5.41) is 0. The lowest BCUT2D eigenvalue weighted by Gasteiger charge is -2.36. The van der Waals surface area contributed by atoms with Crippen molar-refractivity contribution in [3.63, 3.8) is 0 Å². The highest BCUT2D eigenvalue weighted by Crippen LogP contribution is 2.15. The van der Waals surface area contributed by atoms with Gasteiger partial charge in [0.1, 0.15) is 0 Å². The zero-order chi connectivity index (χ0) is 23.0. The van der Waals surface area contributed by atoms with Crippen LogP contribution in [0.2, 0.25) is 0 Å². The molecule has 1 heterocycles. The van der Waals surface area contributed by atoms with E-state index in [1.165, 1.54) is 30.0 Å². The minimum atomic E-state index is -3.95. The van der Waals surface area contributed by atoms with Crippen LogP contribution in [-0.4, -0.2) is 64.5 Å². The van der Waals surface area contributed by atoms with Crippen LogP contribution in [0.1, 0.15) is 23.7 Å². The predicted molar refractivity (Wildman–Crippen MR) is 128 cm³/mol. The second-order valence-corrected chi connectivity index (χ2v) is 9.00. The van der Waals surface area contributed by atoms with Crippen LogP contribution in [0.25, 0.3) is 0 Å². The summed E-state index contributed by atoms with van der Waals surface area (Å²) in [6.45, 7) is 5.88. The Bertz CT molecular complexity index is 1010. The number of nitrogens with one attached hydrogen (secondary N) is 2. The van der Waals surface area contributed by atoms with Crippen LogP contribution in [0.5, 0.6) is 0 Å². The molecule has 1 saturated heterocycles. The fourth-order valence-corrected chi connectivity index (χ4v) is 4.22. The molecule has 1 aliphatic heterocycles. The number of carbonyl (C=O) groups is 2. The SMILES string of the molecule is CCOC(=O)c1ccc(S(=O)(=O)NNC(=O)CCN2CCN(c3ccccc3)CC2)cc1.Cl. The maximum Gasteiger partial charge on any atom is 0.338 e. The highest BCUT2D eigenvalue weighted by atomic mass is 35.5. The first-order valence-corrected chi connectivity index (χ1v) is 12.0. The van der Waals surface area contributed by atoms with E-state index in [0.29, 0.717) is 6.54 Å². The Morgan fingerprint density at radius 1 is 0.970 bits per heavy atom. The summed E-state index contributed by atoms with van der Waals surface area (Å²) < 4.78 is 29.6. The molecule has 2 aromatic rings. The number of esters is 1. The third-order valence-corrected chi connectivity index (χ3v) is 6.41. The van der Waals surface area contributed by atoms with Crippen molar-refractivity contribution in [2.75, 3.05) is 44.2 Å². The van der Waals surface area contributed by atoms with E-state index in [2.05, 4.69) is 32.2 Å². The standard InChI is InChI=1S/C22H28N4O5S.ClH/c1-2-31-22(28)18-8-10-20(11-9-18)32(29,30)24-23-21(27)12-13-25-14-16-26(17-15-25)19-6-4-3-5-7-19;/h3-11,24H,2,12-17H2,1H3,(H,23,27);1H. The van der Waals surface area contributed by atoms with E-state index in [0.717, 1.165) is 26.2 Å². The van der Waals surface area contributed by atoms with Crippen LogP contribution in [0.3, 0.4) is 0 Å². The van der Waals surface area contributed by atoms with Crippen molar-refractivity contribution in [2.24, 2.45) is 0 Å². The van der Waals surface area contributed by atoms with Crippen molar-refractivity contribution in [3.8, 4) is 0 Å². The number of halogens is 1. The number of para-hydroxylation sites is 1. The number of nitrogens with zero attached hydrogens (tertiary/aromatic N) is 2. The number of piperazine rings is 1. The number of benzene rings is 2. The highest BCUT2D eigenvalue weighted by Gasteiger charge is 2.19. The average molecular weight is 497 g/mol. The van der Waals surface area contributed by atoms with Gasteiger partial charge in [0, 0.05) is 44.8 Å². The predicted octanol–water partition coefficient (Wildman–Crippen LogP) is 1.81. The normalized spacial score (nSPS) is 14.3. The van der Waals surface area contributed by atoms with Gasteiger partial charge in [-0.3, -0.25) is 15.1 Å². The first-order chi connectivity index (χ1) is 15.4. The Morgan fingerprint density at radius 2 is 1.61 bits per heavy atom. The topological polar surface area (TPSA) is 108 Å². The lowest BCUT2D eigenvalue weighted by molar-refractivity contribution is -0.121. The van der Waals surface area contributed by atoms with Gasteiger partial charge in [0.05, 0.1) is 17.1 Å². The first kappa shape index (κ1) is 26.6. The molecule has 0 unspecified atom stereocenters. The Hall–Kier alpha value is -2.66. The lowest BCUT2D eigenvalue weighted by Crippen LogP contribution is -2.48. The summed E-state index contributed by atoms with van der Waals surface area (Å²) in [5.41, 5.74) is 3.69. The molecular formula is C22H29ClN4O5S. The maximum absolute atomic E-state index is 12.4. The molecule has 9 nitrogen and oxygen atoms in total. The van der Waals surface area contributed by atoms with Gasteiger partial charge in [-0.2, -0.15) is 0 Å². The Morgan fingerprint density at radius 3 is 2.21 bits per heavy atom. The van der Waals surface area contributed by atoms with E-state index >= 15 is 0 Å². The number of sulfonamides is 1. The molecule has 0 spiro atoms. The lowest BCUT2D eigenvalue weighted by atomic mass is 10.2. The number of carbonyl (C=O) groups excluding carboxylic acids is 2. The van der Waals surface area contributed by atoms with Gasteiger partial charge >= 0.3 is 5.97 Å². The minimum absolute atomic E-state index is 0. The van der Waals surface area contributed by atoms with Gasteiger partial charge in [0.15, 0.2) is 0 Å². The van der Waals surface area contributed by atoms with E-state index in [-0.39, 0.29) is 35.9 Å². The second-order valence-electron chi connectivity index (χ2n) is 7.31. The van der Waals surface area contributed by atoms with E-state index in [4.69, 9.17) is 4.74 Å². The van der Waals surface area contributed by atoms with E-state index < -0.39 is 21.9 Å². The minimum Gasteiger partial charge on any atom is -0.462 e. The summed E-state index contributed by atoms with van der Waals surface area (Å²) in [6, 6.07) is 15.5. The number of hydrogen-bond donors (Lipinski definition) is 2. The van der Waals surface area contributed by atoms with Gasteiger partial charge < -0.3 is 9.64 Å². The first-order valence-electron chi connectivity index (χ1n) is 10.5. The molecule has 0 bridgehead atoms. The van der Waals surface area contributed by atoms with Gasteiger partial charge in [-0.25, -0.2) is 13.2 Å². The van der Waals surface area contributed by atoms with Crippen LogP contribution in [-0.2, 0) is 19.6 Å². The molecule has 1 amide bonds. The van der Waals surface area contributed by atoms with Crippen molar-refractivity contribution in [1.82, 2.24) is 15.2 Å². The molecule has 0 atom stereocenters. The zero-order valence-electron chi connectivity index (χ0n) is 18.4. The summed E-state index contributed by atoms with van der Waals surface area (Å²) in [7, 11) is -3.95. The summed E-state index contributed by atoms with van der Waals surface area (Å²) in [4.78, 5) is 30.3. The molecule has 0 aromatic heterocycles. The average Bonchev–Trinajstić information content (AvgIpc) is 2.82. The Labute approximate surface area is 200 Å². The molecule has 2 N–H and O–H groups in total. The van der Waals surface area contributed by atoms with Crippen molar-refractivity contribution in [1.29, 1.82) is 0 Å². The molecule has 180 valence electrons. The third kappa shape index (κ3) is 7.71. The summed E-state index contributed by atoms with van der Waals surface area (Å²) >= 11 is 0. The largest absolute Gasteiger partial charge is 0.462 e. The number of anilines is 1. The quantitative estimate of drug-likeness (QED) is 0.402. The van der Waals surface area contributed by atoms with E-state index in [9.17, 15) is 18.0 Å².